The van der Waals surface area contributed by atoms with E-state index in [0.29, 0.717) is 6.42 Å². The second-order valence-electron chi connectivity index (χ2n) is 5.18. The Morgan fingerprint density at radius 1 is 1.00 bits per heavy atom. The minimum atomic E-state index is -5.56. The molecule has 0 aromatic carbocycles. The van der Waals surface area contributed by atoms with Crippen molar-refractivity contribution >= 4 is 23.5 Å². The maximum atomic E-state index is 11.6. The van der Waals surface area contributed by atoms with Crippen molar-refractivity contribution in [1.29, 1.82) is 0 Å². The highest BCUT2D eigenvalue weighted by Crippen LogP contribution is 2.66. The standard InChI is InChI=1S/C8H19O12P3/c1-5-2-8(10)7(6(5)3-9)4-18-22(14,15)20-23(16,17)19-21(11,12)13/h5-10H,2-4H2,1H3,(H,14,15)(H,16,17)(H2,11,12,13). The quantitative estimate of drug-likeness (QED) is 0.297. The lowest BCUT2D eigenvalue weighted by Gasteiger charge is -2.23. The first-order chi connectivity index (χ1) is 10.3. The van der Waals surface area contributed by atoms with E-state index in [0.717, 1.165) is 0 Å². The van der Waals surface area contributed by atoms with Crippen molar-refractivity contribution < 1.29 is 56.6 Å². The van der Waals surface area contributed by atoms with Gasteiger partial charge in [0.25, 0.3) is 0 Å². The van der Waals surface area contributed by atoms with Crippen LogP contribution in [0, 0.1) is 17.8 Å². The van der Waals surface area contributed by atoms with Gasteiger partial charge in [0.05, 0.1) is 12.7 Å². The Morgan fingerprint density at radius 3 is 2.04 bits per heavy atom. The van der Waals surface area contributed by atoms with Crippen molar-refractivity contribution in [2.45, 2.75) is 19.4 Å². The van der Waals surface area contributed by atoms with Crippen LogP contribution >= 0.6 is 23.5 Å². The molecule has 0 aromatic rings. The van der Waals surface area contributed by atoms with Crippen molar-refractivity contribution in [3.05, 3.63) is 0 Å². The van der Waals surface area contributed by atoms with Gasteiger partial charge in [0, 0.05) is 12.5 Å². The number of phosphoric acid groups is 3. The van der Waals surface area contributed by atoms with Crippen LogP contribution in [0.15, 0.2) is 0 Å². The van der Waals surface area contributed by atoms with E-state index in [1.807, 2.05) is 0 Å². The molecular formula is C8H19O12P3. The van der Waals surface area contributed by atoms with E-state index in [1.54, 1.807) is 6.92 Å². The summed E-state index contributed by atoms with van der Waals surface area (Å²) in [4.78, 5) is 35.1. The minimum absolute atomic E-state index is 0.0791. The number of phosphoric ester groups is 1. The average molecular weight is 400 g/mol. The van der Waals surface area contributed by atoms with Gasteiger partial charge in [-0.1, -0.05) is 6.92 Å². The molecule has 15 heteroatoms. The fourth-order valence-electron chi connectivity index (χ4n) is 2.47. The molecule has 0 heterocycles. The third-order valence-electron chi connectivity index (χ3n) is 3.45. The molecule has 0 spiro atoms. The summed E-state index contributed by atoms with van der Waals surface area (Å²) >= 11 is 0. The Morgan fingerprint density at radius 2 is 1.57 bits per heavy atom. The van der Waals surface area contributed by atoms with E-state index in [4.69, 9.17) is 14.7 Å². The lowest BCUT2D eigenvalue weighted by Crippen LogP contribution is -2.27. The van der Waals surface area contributed by atoms with Crippen molar-refractivity contribution in [3.8, 4) is 0 Å². The SMILES string of the molecule is CC1CC(O)C(COP(=O)(O)OP(=O)(O)OP(=O)(O)O)C1CO. The van der Waals surface area contributed by atoms with Crippen molar-refractivity contribution in [1.82, 2.24) is 0 Å². The minimum Gasteiger partial charge on any atom is -0.396 e. The normalized spacial score (nSPS) is 34.0. The second kappa shape index (κ2) is 7.70. The van der Waals surface area contributed by atoms with E-state index in [2.05, 4.69) is 13.1 Å². The molecule has 0 saturated heterocycles. The van der Waals surface area contributed by atoms with Gasteiger partial charge in [0.2, 0.25) is 0 Å². The summed E-state index contributed by atoms with van der Waals surface area (Å²) in [6, 6.07) is 0. The molecule has 1 fully saturated rings. The van der Waals surface area contributed by atoms with Crippen LogP contribution in [0.1, 0.15) is 13.3 Å². The van der Waals surface area contributed by atoms with Gasteiger partial charge in [0.1, 0.15) is 0 Å². The molecule has 6 atom stereocenters. The highest BCUT2D eigenvalue weighted by Gasteiger charge is 2.44. The van der Waals surface area contributed by atoms with E-state index < -0.39 is 48.0 Å². The van der Waals surface area contributed by atoms with Crippen LogP contribution in [0.5, 0.6) is 0 Å². The largest absolute Gasteiger partial charge is 0.490 e. The van der Waals surface area contributed by atoms with Gasteiger partial charge in [0.15, 0.2) is 0 Å². The van der Waals surface area contributed by atoms with Crippen molar-refractivity contribution in [2.24, 2.45) is 17.8 Å². The Balaban J connectivity index is 2.67. The molecule has 12 nitrogen and oxygen atoms in total. The van der Waals surface area contributed by atoms with E-state index in [-0.39, 0.29) is 12.5 Å². The molecular weight excluding hydrogens is 381 g/mol. The maximum absolute atomic E-state index is 11.6. The molecule has 1 aliphatic carbocycles. The lowest BCUT2D eigenvalue weighted by atomic mass is 9.91. The second-order valence-corrected chi connectivity index (χ2v) is 9.60. The van der Waals surface area contributed by atoms with Crippen LogP contribution in [0.4, 0.5) is 0 Å². The fourth-order valence-corrected chi connectivity index (χ4v) is 5.53. The van der Waals surface area contributed by atoms with E-state index in [1.165, 1.54) is 0 Å². The predicted molar refractivity (Wildman–Crippen MR) is 73.7 cm³/mol. The summed E-state index contributed by atoms with van der Waals surface area (Å²) in [5.74, 6) is -1.22. The Kier molecular flexibility index (Phi) is 7.15. The van der Waals surface area contributed by atoms with Gasteiger partial charge >= 0.3 is 23.5 Å². The lowest BCUT2D eigenvalue weighted by molar-refractivity contribution is 0.0501. The molecule has 138 valence electrons. The Bertz CT molecular complexity index is 544. The monoisotopic (exact) mass is 400 g/mol. The summed E-state index contributed by atoms with van der Waals surface area (Å²) < 4.78 is 44.8. The van der Waals surface area contributed by atoms with Crippen LogP contribution in [-0.2, 0) is 26.8 Å². The summed E-state index contributed by atoms with van der Waals surface area (Å²) in [6.45, 7) is 0.873. The first-order valence-electron chi connectivity index (χ1n) is 6.33. The van der Waals surface area contributed by atoms with Crippen LogP contribution < -0.4 is 0 Å². The molecule has 0 radical (unpaired) electrons. The molecule has 0 amide bonds. The number of hydrogen-bond donors (Lipinski definition) is 6. The summed E-state index contributed by atoms with van der Waals surface area (Å²) in [7, 11) is -16.2. The van der Waals surface area contributed by atoms with Gasteiger partial charge < -0.3 is 29.8 Å². The van der Waals surface area contributed by atoms with Crippen LogP contribution in [0.25, 0.3) is 0 Å². The molecule has 6 N–H and O–H groups in total. The predicted octanol–water partition coefficient (Wildman–Crippen LogP) is -0.0449. The van der Waals surface area contributed by atoms with Crippen LogP contribution in [-0.4, -0.2) is 49.1 Å². The van der Waals surface area contributed by atoms with Crippen LogP contribution in [0.2, 0.25) is 0 Å². The molecule has 0 aromatic heterocycles. The number of aliphatic hydroxyl groups is 2. The first-order valence-corrected chi connectivity index (χ1v) is 10.9. The van der Waals surface area contributed by atoms with Gasteiger partial charge in [-0.05, 0) is 18.3 Å². The van der Waals surface area contributed by atoms with E-state index in [9.17, 15) is 28.8 Å². The van der Waals surface area contributed by atoms with Gasteiger partial charge in [-0.25, -0.2) is 13.7 Å². The number of rotatable bonds is 8. The maximum Gasteiger partial charge on any atom is 0.490 e. The zero-order valence-corrected chi connectivity index (χ0v) is 14.6. The Hall–Kier alpha value is 0.330. The zero-order chi connectivity index (χ0) is 18.1. The summed E-state index contributed by atoms with van der Waals surface area (Å²) in [6.07, 6.45) is -0.593. The molecule has 1 rings (SSSR count). The molecule has 1 saturated carbocycles. The van der Waals surface area contributed by atoms with Crippen molar-refractivity contribution in [2.75, 3.05) is 13.2 Å². The van der Waals surface area contributed by atoms with Gasteiger partial charge in [-0.15, -0.1) is 0 Å². The summed E-state index contributed by atoms with van der Waals surface area (Å²) in [5, 5.41) is 19.1. The fraction of sp³-hybridized carbons (Fsp3) is 1.00. The van der Waals surface area contributed by atoms with Gasteiger partial charge in [-0.2, -0.15) is 8.62 Å². The smallest absolute Gasteiger partial charge is 0.396 e. The molecule has 23 heavy (non-hydrogen) atoms. The third-order valence-corrected chi connectivity index (χ3v) is 7.25. The van der Waals surface area contributed by atoms with Gasteiger partial charge in [-0.3, -0.25) is 4.52 Å². The zero-order valence-electron chi connectivity index (χ0n) is 11.9. The third kappa shape index (κ3) is 6.99. The van der Waals surface area contributed by atoms with Crippen LogP contribution in [0.3, 0.4) is 0 Å². The first kappa shape index (κ1) is 21.4. The highest BCUT2D eigenvalue weighted by atomic mass is 31.3. The molecule has 6 unspecified atom stereocenters. The highest BCUT2D eigenvalue weighted by molar-refractivity contribution is 7.66. The molecule has 1 aliphatic rings. The Labute approximate surface area is 131 Å². The summed E-state index contributed by atoms with van der Waals surface area (Å²) in [5.41, 5.74) is 0. The number of aliphatic hydroxyl groups excluding tert-OH is 2. The average Bonchev–Trinajstić information content (AvgIpc) is 2.55. The van der Waals surface area contributed by atoms with Crippen molar-refractivity contribution in [3.63, 3.8) is 0 Å². The van der Waals surface area contributed by atoms with E-state index >= 15 is 0 Å². The molecule has 0 aliphatic heterocycles. The number of hydrogen-bond acceptors (Lipinski definition) is 8. The molecule has 0 bridgehead atoms. The topological polar surface area (TPSA) is 200 Å².